The van der Waals surface area contributed by atoms with E-state index in [2.05, 4.69) is 50.1 Å². The van der Waals surface area contributed by atoms with Crippen LogP contribution in [-0.4, -0.2) is 30.3 Å². The van der Waals surface area contributed by atoms with E-state index in [0.29, 0.717) is 6.04 Å². The Morgan fingerprint density at radius 3 is 2.33 bits per heavy atom. The lowest BCUT2D eigenvalue weighted by atomic mass is 9.85. The lowest BCUT2D eigenvalue weighted by molar-refractivity contribution is -0.0473. The number of hydrogen-bond acceptors (Lipinski definition) is 3. The van der Waals surface area contributed by atoms with Crippen molar-refractivity contribution in [2.75, 3.05) is 13.7 Å². The van der Waals surface area contributed by atoms with E-state index in [-0.39, 0.29) is 5.60 Å². The number of nitrogens with zero attached hydrogens (tertiary/aromatic N) is 1. The van der Waals surface area contributed by atoms with Crippen molar-refractivity contribution in [2.24, 2.45) is 0 Å². The summed E-state index contributed by atoms with van der Waals surface area (Å²) < 4.78 is 5.92. The maximum atomic E-state index is 5.92. The average molecular weight is 292 g/mol. The summed E-state index contributed by atoms with van der Waals surface area (Å²) in [7, 11) is 1.83. The molecule has 1 N–H and O–H groups in total. The van der Waals surface area contributed by atoms with Crippen LogP contribution in [0, 0.1) is 0 Å². The average Bonchev–Trinajstić information content (AvgIpc) is 2.55. The molecule has 1 rings (SSSR count). The van der Waals surface area contributed by atoms with Crippen LogP contribution in [0.5, 0.6) is 0 Å². The number of aromatic nitrogens is 1. The molecule has 120 valence electrons. The molecule has 0 spiro atoms. The molecule has 1 atom stereocenters. The third-order valence-electron chi connectivity index (χ3n) is 4.59. The van der Waals surface area contributed by atoms with E-state index in [1.807, 2.05) is 13.3 Å². The summed E-state index contributed by atoms with van der Waals surface area (Å²) >= 11 is 0. The maximum Gasteiger partial charge on any atom is 0.0829 e. The smallest absolute Gasteiger partial charge is 0.0829 e. The second-order valence-electron chi connectivity index (χ2n) is 5.70. The van der Waals surface area contributed by atoms with Gasteiger partial charge in [-0.15, -0.1) is 0 Å². The SMILES string of the molecule is CCCNC(Cc1ccc(CC)cn1)C(CC)(CC)OC. The van der Waals surface area contributed by atoms with E-state index >= 15 is 0 Å². The van der Waals surface area contributed by atoms with Gasteiger partial charge in [-0.2, -0.15) is 0 Å². The summed E-state index contributed by atoms with van der Waals surface area (Å²) in [5.41, 5.74) is 2.32. The van der Waals surface area contributed by atoms with Gasteiger partial charge in [-0.05, 0) is 43.9 Å². The van der Waals surface area contributed by atoms with E-state index < -0.39 is 0 Å². The summed E-state index contributed by atoms with van der Waals surface area (Å²) in [6.45, 7) is 9.79. The number of nitrogens with one attached hydrogen (secondary N) is 1. The highest BCUT2D eigenvalue weighted by molar-refractivity contribution is 5.15. The van der Waals surface area contributed by atoms with Crippen molar-refractivity contribution in [2.45, 2.75) is 71.4 Å². The largest absolute Gasteiger partial charge is 0.377 e. The zero-order chi connectivity index (χ0) is 15.7. The third kappa shape index (κ3) is 4.79. The van der Waals surface area contributed by atoms with Gasteiger partial charge in [0.05, 0.1) is 5.60 Å². The number of hydrogen-bond donors (Lipinski definition) is 1. The molecule has 0 saturated heterocycles. The first-order valence-electron chi connectivity index (χ1n) is 8.38. The molecule has 1 unspecified atom stereocenters. The lowest BCUT2D eigenvalue weighted by Gasteiger charge is -2.39. The molecule has 0 aliphatic rings. The van der Waals surface area contributed by atoms with Crippen molar-refractivity contribution in [3.8, 4) is 0 Å². The van der Waals surface area contributed by atoms with E-state index in [4.69, 9.17) is 4.74 Å². The number of pyridine rings is 1. The van der Waals surface area contributed by atoms with Crippen LogP contribution in [0.2, 0.25) is 0 Å². The highest BCUT2D eigenvalue weighted by Gasteiger charge is 2.35. The molecule has 0 amide bonds. The van der Waals surface area contributed by atoms with E-state index in [1.165, 1.54) is 5.56 Å². The quantitative estimate of drug-likeness (QED) is 0.713. The summed E-state index contributed by atoms with van der Waals surface area (Å²) in [6, 6.07) is 4.65. The molecule has 0 aromatic carbocycles. The first kappa shape index (κ1) is 18.1. The Balaban J connectivity index is 2.90. The molecule has 0 aliphatic heterocycles. The second kappa shape index (κ2) is 9.16. The molecule has 1 aromatic heterocycles. The number of aryl methyl sites for hydroxylation is 1. The van der Waals surface area contributed by atoms with Crippen LogP contribution in [0.3, 0.4) is 0 Å². The van der Waals surface area contributed by atoms with E-state index in [1.54, 1.807) is 0 Å². The topological polar surface area (TPSA) is 34.2 Å². The van der Waals surface area contributed by atoms with Crippen LogP contribution < -0.4 is 5.32 Å². The maximum absolute atomic E-state index is 5.92. The van der Waals surface area contributed by atoms with Crippen LogP contribution in [0.4, 0.5) is 0 Å². The monoisotopic (exact) mass is 292 g/mol. The second-order valence-corrected chi connectivity index (χ2v) is 5.70. The molecule has 3 nitrogen and oxygen atoms in total. The van der Waals surface area contributed by atoms with Gasteiger partial charge in [0.1, 0.15) is 0 Å². The van der Waals surface area contributed by atoms with Crippen LogP contribution in [-0.2, 0) is 17.6 Å². The van der Waals surface area contributed by atoms with Crippen LogP contribution >= 0.6 is 0 Å². The molecule has 0 saturated carbocycles. The van der Waals surface area contributed by atoms with Gasteiger partial charge in [-0.1, -0.05) is 33.8 Å². The summed E-state index contributed by atoms with van der Waals surface area (Å²) in [6.07, 6.45) is 7.10. The Labute approximate surface area is 130 Å². The van der Waals surface area contributed by atoms with Gasteiger partial charge in [0.2, 0.25) is 0 Å². The van der Waals surface area contributed by atoms with Gasteiger partial charge in [-0.25, -0.2) is 0 Å². The molecule has 3 heteroatoms. The summed E-state index contributed by atoms with van der Waals surface area (Å²) in [5, 5.41) is 3.68. The molecule has 1 heterocycles. The number of ether oxygens (including phenoxy) is 1. The summed E-state index contributed by atoms with van der Waals surface area (Å²) in [5.74, 6) is 0. The molecule has 0 bridgehead atoms. The standard InChI is InChI=1S/C18H32N2O/c1-6-12-19-17(18(8-3,9-4)21-5)13-16-11-10-15(7-2)14-20-16/h10-11,14,17,19H,6-9,12-13H2,1-5H3. The predicted octanol–water partition coefficient (Wildman–Crippen LogP) is 3.76. The van der Waals surface area contributed by atoms with Crippen molar-refractivity contribution < 1.29 is 4.74 Å². The predicted molar refractivity (Wildman–Crippen MR) is 89.7 cm³/mol. The Kier molecular flexibility index (Phi) is 7.91. The van der Waals surface area contributed by atoms with Gasteiger partial charge in [0, 0.05) is 31.5 Å². The number of rotatable bonds is 10. The fraction of sp³-hybridized carbons (Fsp3) is 0.722. The van der Waals surface area contributed by atoms with Crippen molar-refractivity contribution in [1.29, 1.82) is 0 Å². The molecular weight excluding hydrogens is 260 g/mol. The Hall–Kier alpha value is -0.930. The Bertz CT molecular complexity index is 376. The fourth-order valence-corrected chi connectivity index (χ4v) is 2.93. The van der Waals surface area contributed by atoms with Gasteiger partial charge >= 0.3 is 0 Å². The van der Waals surface area contributed by atoms with E-state index in [0.717, 1.165) is 44.3 Å². The molecule has 0 radical (unpaired) electrons. The van der Waals surface area contributed by atoms with Crippen molar-refractivity contribution in [1.82, 2.24) is 10.3 Å². The minimum atomic E-state index is -0.111. The molecule has 0 fully saturated rings. The third-order valence-corrected chi connectivity index (χ3v) is 4.59. The van der Waals surface area contributed by atoms with E-state index in [9.17, 15) is 0 Å². The minimum Gasteiger partial charge on any atom is -0.377 e. The molecular formula is C18H32N2O. The zero-order valence-corrected chi connectivity index (χ0v) is 14.4. The fourth-order valence-electron chi connectivity index (χ4n) is 2.93. The molecule has 1 aromatic rings. The normalized spacial score (nSPS) is 13.4. The van der Waals surface area contributed by atoms with Crippen LogP contribution in [0.15, 0.2) is 18.3 Å². The Morgan fingerprint density at radius 1 is 1.19 bits per heavy atom. The first-order valence-corrected chi connectivity index (χ1v) is 8.38. The highest BCUT2D eigenvalue weighted by Crippen LogP contribution is 2.26. The van der Waals surface area contributed by atoms with Crippen molar-refractivity contribution in [3.05, 3.63) is 29.6 Å². The lowest BCUT2D eigenvalue weighted by Crippen LogP contribution is -2.53. The minimum absolute atomic E-state index is 0.111. The highest BCUT2D eigenvalue weighted by atomic mass is 16.5. The first-order chi connectivity index (χ1) is 10.2. The molecule has 0 aliphatic carbocycles. The van der Waals surface area contributed by atoms with Gasteiger partial charge in [0.15, 0.2) is 0 Å². The zero-order valence-electron chi connectivity index (χ0n) is 14.4. The van der Waals surface area contributed by atoms with Crippen LogP contribution in [0.25, 0.3) is 0 Å². The Morgan fingerprint density at radius 2 is 1.90 bits per heavy atom. The van der Waals surface area contributed by atoms with Crippen molar-refractivity contribution >= 4 is 0 Å². The van der Waals surface area contributed by atoms with Gasteiger partial charge in [0.25, 0.3) is 0 Å². The number of methoxy groups -OCH3 is 1. The molecule has 21 heavy (non-hydrogen) atoms. The van der Waals surface area contributed by atoms with Crippen LogP contribution in [0.1, 0.15) is 58.2 Å². The summed E-state index contributed by atoms with van der Waals surface area (Å²) in [4.78, 5) is 4.62. The van der Waals surface area contributed by atoms with Gasteiger partial charge in [-0.3, -0.25) is 4.98 Å². The van der Waals surface area contributed by atoms with Crippen molar-refractivity contribution in [3.63, 3.8) is 0 Å². The van der Waals surface area contributed by atoms with Gasteiger partial charge < -0.3 is 10.1 Å².